The van der Waals surface area contributed by atoms with E-state index in [-0.39, 0.29) is 21.8 Å². The van der Waals surface area contributed by atoms with Crippen LogP contribution in [0.2, 0.25) is 0 Å². The number of aryl methyl sites for hydroxylation is 1. The third-order valence-electron chi connectivity index (χ3n) is 3.58. The normalized spacial score (nSPS) is 11.7. The van der Waals surface area contributed by atoms with E-state index < -0.39 is 26.4 Å². The van der Waals surface area contributed by atoms with Crippen LogP contribution in [0.5, 0.6) is 0 Å². The van der Waals surface area contributed by atoms with Crippen LogP contribution < -0.4 is 10.0 Å². The van der Waals surface area contributed by atoms with Gasteiger partial charge in [0, 0.05) is 17.7 Å². The predicted molar refractivity (Wildman–Crippen MR) is 102 cm³/mol. The summed E-state index contributed by atoms with van der Waals surface area (Å²) in [5, 5.41) is 13.7. The maximum Gasteiger partial charge on any atom is 0.270 e. The van der Waals surface area contributed by atoms with Gasteiger partial charge in [0.1, 0.15) is 0 Å². The number of para-hydroxylation sites is 1. The predicted octanol–water partition coefficient (Wildman–Crippen LogP) is 3.23. The summed E-state index contributed by atoms with van der Waals surface area (Å²) in [5.41, 5.74) is -0.242. The summed E-state index contributed by atoms with van der Waals surface area (Å²) in [5.74, 6) is -0.434. The Morgan fingerprint density at radius 1 is 1.11 bits per heavy atom. The molecule has 144 valence electrons. The smallest absolute Gasteiger partial charge is 0.270 e. The summed E-state index contributed by atoms with van der Waals surface area (Å²) in [6.45, 7) is 6.97. The molecule has 2 rings (SSSR count). The van der Waals surface area contributed by atoms with Gasteiger partial charge in [0.05, 0.1) is 21.1 Å². The van der Waals surface area contributed by atoms with Gasteiger partial charge in [-0.1, -0.05) is 18.2 Å². The Bertz CT molecular complexity index is 994. The van der Waals surface area contributed by atoms with Crippen molar-refractivity contribution in [1.29, 1.82) is 0 Å². The number of nitrogens with zero attached hydrogens (tertiary/aromatic N) is 1. The van der Waals surface area contributed by atoms with Crippen molar-refractivity contribution in [2.45, 2.75) is 38.1 Å². The van der Waals surface area contributed by atoms with E-state index >= 15 is 0 Å². The molecule has 0 saturated heterocycles. The fraction of sp³-hybridized carbons (Fsp3) is 0.278. The molecule has 9 heteroatoms. The van der Waals surface area contributed by atoms with Crippen molar-refractivity contribution in [3.63, 3.8) is 0 Å². The zero-order valence-electron chi connectivity index (χ0n) is 15.4. The molecular formula is C18H21N3O5S. The molecule has 2 aromatic rings. The molecule has 0 saturated carbocycles. The van der Waals surface area contributed by atoms with Crippen molar-refractivity contribution >= 4 is 27.3 Å². The van der Waals surface area contributed by atoms with E-state index in [0.717, 1.165) is 6.07 Å². The molecule has 0 atom stereocenters. The number of non-ortho nitro benzene ring substituents is 1. The Balaban J connectivity index is 2.44. The van der Waals surface area contributed by atoms with Crippen LogP contribution in [0.25, 0.3) is 0 Å². The molecule has 0 radical (unpaired) electrons. The molecule has 2 N–H and O–H groups in total. The molecule has 2 aromatic carbocycles. The highest BCUT2D eigenvalue weighted by Crippen LogP contribution is 2.25. The van der Waals surface area contributed by atoms with Crippen LogP contribution in [0.4, 0.5) is 11.4 Å². The number of carbonyl (C=O) groups is 1. The molecule has 0 heterocycles. The Kier molecular flexibility index (Phi) is 5.55. The fourth-order valence-corrected chi connectivity index (χ4v) is 3.71. The average Bonchev–Trinajstić information content (AvgIpc) is 2.53. The zero-order chi connectivity index (χ0) is 20.4. The largest absolute Gasteiger partial charge is 0.347 e. The first-order valence-corrected chi connectivity index (χ1v) is 9.58. The minimum Gasteiger partial charge on any atom is -0.347 e. The molecule has 0 aliphatic rings. The lowest BCUT2D eigenvalue weighted by molar-refractivity contribution is -0.385. The summed E-state index contributed by atoms with van der Waals surface area (Å²) in [6, 6.07) is 9.76. The Morgan fingerprint density at radius 2 is 1.74 bits per heavy atom. The van der Waals surface area contributed by atoms with Gasteiger partial charge < -0.3 is 5.32 Å². The van der Waals surface area contributed by atoms with E-state index in [2.05, 4.69) is 10.0 Å². The highest BCUT2D eigenvalue weighted by atomic mass is 32.2. The fourth-order valence-electron chi connectivity index (χ4n) is 2.37. The molecular weight excluding hydrogens is 370 g/mol. The number of benzene rings is 2. The minimum atomic E-state index is -4.13. The van der Waals surface area contributed by atoms with Crippen LogP contribution >= 0.6 is 0 Å². The Morgan fingerprint density at radius 3 is 2.33 bits per heavy atom. The van der Waals surface area contributed by atoms with Crippen LogP contribution in [-0.2, 0) is 10.0 Å². The van der Waals surface area contributed by atoms with Gasteiger partial charge in [0.25, 0.3) is 21.6 Å². The van der Waals surface area contributed by atoms with Gasteiger partial charge in [-0.2, -0.15) is 0 Å². The zero-order valence-corrected chi connectivity index (χ0v) is 16.3. The molecule has 0 unspecified atom stereocenters. The van der Waals surface area contributed by atoms with Gasteiger partial charge in [-0.3, -0.25) is 19.6 Å². The van der Waals surface area contributed by atoms with E-state index in [1.807, 2.05) is 20.8 Å². The van der Waals surface area contributed by atoms with E-state index in [1.54, 1.807) is 12.1 Å². The van der Waals surface area contributed by atoms with E-state index in [1.165, 1.54) is 31.2 Å². The molecule has 1 amide bonds. The highest BCUT2D eigenvalue weighted by molar-refractivity contribution is 7.92. The molecule has 8 nitrogen and oxygen atoms in total. The van der Waals surface area contributed by atoms with Gasteiger partial charge in [-0.25, -0.2) is 8.42 Å². The molecule has 27 heavy (non-hydrogen) atoms. The number of amides is 1. The summed E-state index contributed by atoms with van der Waals surface area (Å²) in [7, 11) is -4.13. The van der Waals surface area contributed by atoms with Crippen LogP contribution in [0.3, 0.4) is 0 Å². The molecule has 0 aliphatic carbocycles. The third-order valence-corrected chi connectivity index (χ3v) is 5.08. The quantitative estimate of drug-likeness (QED) is 0.599. The molecule has 0 bridgehead atoms. The van der Waals surface area contributed by atoms with Crippen molar-refractivity contribution < 1.29 is 18.1 Å². The van der Waals surface area contributed by atoms with Gasteiger partial charge in [0.2, 0.25) is 0 Å². The van der Waals surface area contributed by atoms with Crippen LogP contribution in [0, 0.1) is 17.0 Å². The standard InChI is InChI=1S/C18H21N3O5S/c1-12-9-10-13(21(23)24)11-16(12)27(25,26)20-15-8-6-5-7-14(15)17(22)19-18(2,3)4/h5-11,20H,1-4H3,(H,19,22). The summed E-state index contributed by atoms with van der Waals surface area (Å²) in [4.78, 5) is 22.6. The van der Waals surface area contributed by atoms with Gasteiger partial charge in [0.15, 0.2) is 0 Å². The lowest BCUT2D eigenvalue weighted by Gasteiger charge is -2.21. The van der Waals surface area contributed by atoms with Crippen molar-refractivity contribution in [3.8, 4) is 0 Å². The molecule has 0 aromatic heterocycles. The van der Waals surface area contributed by atoms with Crippen molar-refractivity contribution in [2.75, 3.05) is 4.72 Å². The second-order valence-corrected chi connectivity index (χ2v) is 8.71. The molecule has 0 spiro atoms. The number of sulfonamides is 1. The number of carbonyl (C=O) groups excluding carboxylic acids is 1. The molecule has 0 aliphatic heterocycles. The Hall–Kier alpha value is -2.94. The second kappa shape index (κ2) is 7.36. The van der Waals surface area contributed by atoms with Gasteiger partial charge in [-0.15, -0.1) is 0 Å². The first-order chi connectivity index (χ1) is 12.4. The summed E-state index contributed by atoms with van der Waals surface area (Å²) >= 11 is 0. The van der Waals surface area contributed by atoms with E-state index in [4.69, 9.17) is 0 Å². The van der Waals surface area contributed by atoms with Gasteiger partial charge >= 0.3 is 0 Å². The summed E-state index contributed by atoms with van der Waals surface area (Å²) < 4.78 is 27.9. The molecule has 0 fully saturated rings. The maximum atomic E-state index is 12.8. The number of anilines is 1. The van der Waals surface area contributed by atoms with Crippen LogP contribution in [0.15, 0.2) is 47.4 Å². The maximum absolute atomic E-state index is 12.8. The van der Waals surface area contributed by atoms with Crippen molar-refractivity contribution in [2.24, 2.45) is 0 Å². The topological polar surface area (TPSA) is 118 Å². The SMILES string of the molecule is Cc1ccc([N+](=O)[O-])cc1S(=O)(=O)Nc1ccccc1C(=O)NC(C)(C)C. The number of hydrogen-bond acceptors (Lipinski definition) is 5. The Labute approximate surface area is 157 Å². The number of nitro benzene ring substituents is 1. The van der Waals surface area contributed by atoms with Crippen LogP contribution in [0.1, 0.15) is 36.7 Å². The van der Waals surface area contributed by atoms with Gasteiger partial charge in [-0.05, 0) is 45.4 Å². The number of hydrogen-bond donors (Lipinski definition) is 2. The first kappa shape index (κ1) is 20.4. The minimum absolute atomic E-state index is 0.0881. The third kappa shape index (κ3) is 5.04. The van der Waals surface area contributed by atoms with Crippen molar-refractivity contribution in [1.82, 2.24) is 5.32 Å². The van der Waals surface area contributed by atoms with Crippen LogP contribution in [-0.4, -0.2) is 24.8 Å². The lowest BCUT2D eigenvalue weighted by atomic mass is 10.1. The average molecular weight is 391 g/mol. The number of nitrogens with one attached hydrogen (secondary N) is 2. The number of rotatable bonds is 5. The lowest BCUT2D eigenvalue weighted by Crippen LogP contribution is -2.40. The highest BCUT2D eigenvalue weighted by Gasteiger charge is 2.24. The van der Waals surface area contributed by atoms with Crippen molar-refractivity contribution in [3.05, 3.63) is 63.7 Å². The summed E-state index contributed by atoms with van der Waals surface area (Å²) in [6.07, 6.45) is 0. The van der Waals surface area contributed by atoms with E-state index in [9.17, 15) is 23.3 Å². The number of nitro groups is 1. The monoisotopic (exact) mass is 391 g/mol. The van der Waals surface area contributed by atoms with E-state index in [0.29, 0.717) is 5.56 Å². The second-order valence-electron chi connectivity index (χ2n) is 7.06. The first-order valence-electron chi connectivity index (χ1n) is 8.10.